The van der Waals surface area contributed by atoms with Gasteiger partial charge in [0.15, 0.2) is 0 Å². The summed E-state index contributed by atoms with van der Waals surface area (Å²) in [7, 11) is 0. The molecule has 0 spiro atoms. The van der Waals surface area contributed by atoms with E-state index < -0.39 is 0 Å². The zero-order valence-corrected chi connectivity index (χ0v) is 44.1. The van der Waals surface area contributed by atoms with Gasteiger partial charge in [-0.1, -0.05) is 191 Å². The van der Waals surface area contributed by atoms with Gasteiger partial charge in [0.1, 0.15) is 0 Å². The van der Waals surface area contributed by atoms with E-state index >= 15 is 0 Å². The van der Waals surface area contributed by atoms with Crippen LogP contribution in [0, 0.1) is 0 Å². The van der Waals surface area contributed by atoms with Gasteiger partial charge in [-0.15, -0.1) is 0 Å². The van der Waals surface area contributed by atoms with Gasteiger partial charge < -0.3 is 4.74 Å². The van der Waals surface area contributed by atoms with Crippen LogP contribution in [-0.2, 0) is 4.74 Å². The largest absolute Gasteiger partial charge is 0.358 e. The normalized spacial score (nSPS) is 29.1. The van der Waals surface area contributed by atoms with E-state index in [4.69, 9.17) is 4.74 Å². The van der Waals surface area contributed by atoms with Crippen LogP contribution in [0.3, 0.4) is 0 Å². The number of rotatable bonds is 10. The van der Waals surface area contributed by atoms with E-state index in [1.807, 2.05) is 0 Å². The van der Waals surface area contributed by atoms with Crippen molar-refractivity contribution in [2.45, 2.75) is 320 Å². The Morgan fingerprint density at radius 3 is 0.731 bits per heavy atom. The molecule has 1 nitrogen and oxygen atoms in total. The molecule has 1 heteroatoms. The lowest BCUT2D eigenvalue weighted by Crippen LogP contribution is -2.25. The lowest BCUT2D eigenvalue weighted by atomic mass is 9.84. The number of ether oxygens (including phenoxy) is 1. The maximum Gasteiger partial charge on any atom is 0.0988 e. The Hall–Kier alpha value is -2.12. The molecule has 0 aromatic rings. The third-order valence-electron chi connectivity index (χ3n) is 16.9. The minimum absolute atomic E-state index is 0.00287. The monoisotopic (exact) mass is 915 g/mol. The Morgan fingerprint density at radius 1 is 0.254 bits per heavy atom. The maximum absolute atomic E-state index is 8.30. The summed E-state index contributed by atoms with van der Waals surface area (Å²) < 4.78 is 8.30. The van der Waals surface area contributed by atoms with Gasteiger partial charge in [-0.25, -0.2) is 0 Å². The van der Waals surface area contributed by atoms with Crippen molar-refractivity contribution >= 4 is 0 Å². The Kier molecular flexibility index (Phi) is 28.4. The molecule has 0 amide bonds. The highest BCUT2D eigenvalue weighted by Crippen LogP contribution is 2.38. The van der Waals surface area contributed by atoms with Crippen molar-refractivity contribution in [3.8, 4) is 0 Å². The first-order chi connectivity index (χ1) is 33.3. The van der Waals surface area contributed by atoms with E-state index in [0.717, 1.165) is 0 Å². The second-order valence-electron chi connectivity index (χ2n) is 22.6. The molecule has 67 heavy (non-hydrogen) atoms. The molecule has 0 aromatic heterocycles. The lowest BCUT2D eigenvalue weighted by Gasteiger charge is -2.30. The van der Waals surface area contributed by atoms with Crippen molar-refractivity contribution in [1.29, 1.82) is 0 Å². The Bertz CT molecular complexity index is 1410. The third-order valence-corrected chi connectivity index (χ3v) is 16.9. The van der Waals surface area contributed by atoms with Crippen molar-refractivity contribution in [2.75, 3.05) is 0 Å². The van der Waals surface area contributed by atoms with Gasteiger partial charge in [-0.3, -0.25) is 0 Å². The minimum Gasteiger partial charge on any atom is -0.358 e. The summed E-state index contributed by atoms with van der Waals surface area (Å²) in [5, 5.41) is 0. The zero-order chi connectivity index (χ0) is 46.1. The van der Waals surface area contributed by atoms with E-state index in [0.29, 0.717) is 0 Å². The van der Waals surface area contributed by atoms with E-state index in [9.17, 15) is 0 Å². The van der Waals surface area contributed by atoms with Crippen LogP contribution in [0.2, 0.25) is 0 Å². The second-order valence-corrected chi connectivity index (χ2v) is 22.6. The molecule has 2 atom stereocenters. The molecular weight excluding hydrogens is 809 g/mol. The maximum atomic E-state index is 8.30. The SMILES string of the molecule is C(=C(/C1=C/CCCCCCCC1)/C1=C/CCCCCCCC1)C(OC(C=C(/C1=C/CCCCCCCC1)/C1=C/CCCCCCCC1)/C1=C/CCCCCCCC1)/C1=C/CCCCCCCC1. The van der Waals surface area contributed by atoms with Crippen LogP contribution >= 0.6 is 0 Å². The van der Waals surface area contributed by atoms with Crippen molar-refractivity contribution in [1.82, 2.24) is 0 Å². The van der Waals surface area contributed by atoms with Crippen LogP contribution in [0.5, 0.6) is 0 Å². The fourth-order valence-corrected chi connectivity index (χ4v) is 12.6. The molecule has 0 aliphatic heterocycles. The van der Waals surface area contributed by atoms with Gasteiger partial charge in [0.2, 0.25) is 0 Å². The van der Waals surface area contributed by atoms with Crippen LogP contribution in [0.1, 0.15) is 308 Å². The van der Waals surface area contributed by atoms with E-state index in [1.165, 1.54) is 308 Å². The van der Waals surface area contributed by atoms with Gasteiger partial charge >= 0.3 is 0 Å². The smallest absolute Gasteiger partial charge is 0.0988 e. The van der Waals surface area contributed by atoms with Crippen molar-refractivity contribution in [3.05, 3.63) is 93.2 Å². The summed E-state index contributed by atoms with van der Waals surface area (Å²) in [6, 6.07) is 0. The fraction of sp³-hybridized carbons (Fsp3) is 0.758. The Morgan fingerprint density at radius 2 is 0.463 bits per heavy atom. The molecule has 0 saturated heterocycles. The molecule has 0 saturated carbocycles. The molecule has 0 aromatic carbocycles. The molecule has 376 valence electrons. The topological polar surface area (TPSA) is 9.23 Å². The second kappa shape index (κ2) is 35.1. The third kappa shape index (κ3) is 21.8. The molecular formula is C66H106O. The fourth-order valence-electron chi connectivity index (χ4n) is 12.6. The summed E-state index contributed by atoms with van der Waals surface area (Å²) in [5.74, 6) is 0. The highest BCUT2D eigenvalue weighted by Gasteiger charge is 2.26. The van der Waals surface area contributed by atoms with Crippen molar-refractivity contribution < 1.29 is 4.74 Å². The van der Waals surface area contributed by atoms with E-state index in [1.54, 1.807) is 44.6 Å². The zero-order valence-electron chi connectivity index (χ0n) is 44.1. The predicted molar refractivity (Wildman–Crippen MR) is 295 cm³/mol. The van der Waals surface area contributed by atoms with Crippen molar-refractivity contribution in [2.24, 2.45) is 0 Å². The highest BCUT2D eigenvalue weighted by molar-refractivity contribution is 5.50. The first kappa shape index (κ1) is 54.2. The van der Waals surface area contributed by atoms with Crippen LogP contribution in [0.15, 0.2) is 93.2 Å². The quantitative estimate of drug-likeness (QED) is 0.198. The summed E-state index contributed by atoms with van der Waals surface area (Å²) in [6.07, 6.45) is 86.1. The Balaban J connectivity index is 1.55. The van der Waals surface area contributed by atoms with E-state index in [-0.39, 0.29) is 12.2 Å². The average Bonchev–Trinajstić information content (AvgIpc) is 3.36. The molecule has 2 unspecified atom stereocenters. The molecule has 0 N–H and O–H groups in total. The van der Waals surface area contributed by atoms with Crippen molar-refractivity contribution in [3.63, 3.8) is 0 Å². The molecule has 0 radical (unpaired) electrons. The van der Waals surface area contributed by atoms with Crippen LogP contribution in [-0.4, -0.2) is 12.2 Å². The van der Waals surface area contributed by atoms with Gasteiger partial charge in [-0.05, 0) is 211 Å². The highest BCUT2D eigenvalue weighted by atomic mass is 16.5. The predicted octanol–water partition coefficient (Wildman–Crippen LogP) is 22.0. The summed E-state index contributed by atoms with van der Waals surface area (Å²) >= 11 is 0. The average molecular weight is 916 g/mol. The minimum atomic E-state index is -0.00287. The van der Waals surface area contributed by atoms with Gasteiger partial charge in [0.05, 0.1) is 12.2 Å². The van der Waals surface area contributed by atoms with Gasteiger partial charge in [-0.2, -0.15) is 0 Å². The molecule has 6 aliphatic carbocycles. The first-order valence-corrected chi connectivity index (χ1v) is 30.6. The first-order valence-electron chi connectivity index (χ1n) is 30.6. The number of hydrogen-bond donors (Lipinski definition) is 0. The summed E-state index contributed by atoms with van der Waals surface area (Å²) in [4.78, 5) is 0. The summed E-state index contributed by atoms with van der Waals surface area (Å²) in [6.45, 7) is 0. The Labute approximate surface area is 416 Å². The van der Waals surface area contributed by atoms with Crippen LogP contribution < -0.4 is 0 Å². The van der Waals surface area contributed by atoms with Gasteiger partial charge in [0.25, 0.3) is 0 Å². The standard InChI is InChI=1S/C66H106O/c1-7-19-31-43-57(44-32-20-8-1)63(58-45-33-21-9-2-10-22-34-46-58)55-65(61-51-39-27-15-5-16-28-40-52-61)67-66(62-53-41-29-17-6-18-30-42-54-62)56-64(59-47-35-23-11-3-12-24-36-48-59)60-49-37-25-13-4-14-26-38-50-60/h43,45,47,49,51,53,55-56,65-66H,1-42,44,46,48,50,52,54H2/b57-43+,58-45+,59-47+,60-49+,61-51+,62-53+. The van der Waals surface area contributed by atoms with Gasteiger partial charge in [0, 0.05) is 0 Å². The number of allylic oxidation sites excluding steroid dienone is 12. The molecule has 0 heterocycles. The molecule has 0 fully saturated rings. The van der Waals surface area contributed by atoms with Crippen LogP contribution in [0.4, 0.5) is 0 Å². The van der Waals surface area contributed by atoms with E-state index in [2.05, 4.69) is 48.6 Å². The summed E-state index contributed by atoms with van der Waals surface area (Å²) in [5.41, 5.74) is 13.1. The molecule has 6 rings (SSSR count). The lowest BCUT2D eigenvalue weighted by molar-refractivity contribution is 0.0768. The molecule has 6 aliphatic rings. The molecule has 0 bridgehead atoms. The van der Waals surface area contributed by atoms with Crippen LogP contribution in [0.25, 0.3) is 0 Å². The number of hydrogen-bond acceptors (Lipinski definition) is 1.